The monoisotopic (exact) mass is 330 g/mol. The van der Waals surface area contributed by atoms with Crippen LogP contribution in [0.3, 0.4) is 0 Å². The van der Waals surface area contributed by atoms with Gasteiger partial charge in [0.25, 0.3) is 5.91 Å². The quantitative estimate of drug-likeness (QED) is 0.788. The third-order valence-electron chi connectivity index (χ3n) is 3.67. The molecule has 1 fully saturated rings. The largest absolute Gasteiger partial charge is 0.360 e. The Bertz CT molecular complexity index is 876. The van der Waals surface area contributed by atoms with E-state index in [9.17, 15) is 4.79 Å². The fourth-order valence-corrected chi connectivity index (χ4v) is 2.96. The van der Waals surface area contributed by atoms with Crippen LogP contribution in [0.2, 0.25) is 0 Å². The molecule has 0 atom stereocenters. The summed E-state index contributed by atoms with van der Waals surface area (Å²) in [4.78, 5) is 16.8. The van der Waals surface area contributed by atoms with Crippen LogP contribution in [0.5, 0.6) is 0 Å². The summed E-state index contributed by atoms with van der Waals surface area (Å²) >= 11 is 1.13. The molecule has 118 valence electrons. The molecule has 0 saturated heterocycles. The summed E-state index contributed by atoms with van der Waals surface area (Å²) in [5.74, 6) is 1.29. The summed E-state index contributed by atoms with van der Waals surface area (Å²) in [6, 6.07) is 0. The number of hydrogen-bond acceptors (Lipinski definition) is 7. The molecule has 1 amide bonds. The molecule has 0 radical (unpaired) electrons. The second-order valence-corrected chi connectivity index (χ2v) is 6.31. The summed E-state index contributed by atoms with van der Waals surface area (Å²) in [7, 11) is 1.83. The number of amides is 1. The maximum Gasteiger partial charge on any atom is 0.263 e. The molecule has 4 rings (SSSR count). The maximum atomic E-state index is 12.5. The van der Waals surface area contributed by atoms with Gasteiger partial charge in [-0.1, -0.05) is 5.16 Å². The van der Waals surface area contributed by atoms with Crippen molar-refractivity contribution >= 4 is 22.6 Å². The van der Waals surface area contributed by atoms with Crippen LogP contribution in [0.25, 0.3) is 11.4 Å². The summed E-state index contributed by atoms with van der Waals surface area (Å²) < 4.78 is 11.2. The molecule has 0 aromatic carbocycles. The third kappa shape index (κ3) is 2.63. The molecule has 1 aliphatic carbocycles. The van der Waals surface area contributed by atoms with E-state index in [2.05, 4.69) is 24.9 Å². The Hall–Kier alpha value is -2.55. The van der Waals surface area contributed by atoms with Crippen LogP contribution in [-0.4, -0.2) is 30.2 Å². The first kappa shape index (κ1) is 14.1. The molecule has 1 aliphatic rings. The lowest BCUT2D eigenvalue weighted by Crippen LogP contribution is -2.14. The first-order valence-corrected chi connectivity index (χ1v) is 7.99. The molecule has 0 unspecified atom stereocenters. The molecule has 23 heavy (non-hydrogen) atoms. The first-order valence-electron chi connectivity index (χ1n) is 7.22. The smallest absolute Gasteiger partial charge is 0.263 e. The standard InChI is InChI=1S/C14H14N6O2S/c1-7-10(11(22-18-7)8-3-4-8)13(21)17-14-16-12(19-23-14)9-5-15-20(2)6-9/h5-6,8H,3-4H2,1-2H3,(H,16,17,19,21). The van der Waals surface area contributed by atoms with Crippen molar-refractivity contribution in [3.8, 4) is 11.4 Å². The Labute approximate surface area is 135 Å². The number of anilines is 1. The Balaban J connectivity index is 1.55. The number of nitrogens with zero attached hydrogens (tertiary/aromatic N) is 5. The Morgan fingerprint density at radius 3 is 3.00 bits per heavy atom. The van der Waals surface area contributed by atoms with Crippen LogP contribution in [0, 0.1) is 6.92 Å². The highest BCUT2D eigenvalue weighted by atomic mass is 32.1. The maximum absolute atomic E-state index is 12.5. The van der Waals surface area contributed by atoms with Crippen molar-refractivity contribution in [2.24, 2.45) is 7.05 Å². The predicted molar refractivity (Wildman–Crippen MR) is 83.3 cm³/mol. The van der Waals surface area contributed by atoms with Gasteiger partial charge in [0, 0.05) is 30.7 Å². The van der Waals surface area contributed by atoms with Crippen LogP contribution in [0.15, 0.2) is 16.9 Å². The van der Waals surface area contributed by atoms with Crippen molar-refractivity contribution in [1.82, 2.24) is 24.3 Å². The van der Waals surface area contributed by atoms with Gasteiger partial charge in [-0.3, -0.25) is 14.8 Å². The van der Waals surface area contributed by atoms with E-state index in [1.54, 1.807) is 17.8 Å². The Morgan fingerprint density at radius 2 is 2.30 bits per heavy atom. The zero-order valence-corrected chi connectivity index (χ0v) is 13.4. The van der Waals surface area contributed by atoms with Crippen LogP contribution < -0.4 is 5.32 Å². The van der Waals surface area contributed by atoms with Crippen molar-refractivity contribution in [2.45, 2.75) is 25.7 Å². The zero-order valence-electron chi connectivity index (χ0n) is 12.6. The summed E-state index contributed by atoms with van der Waals surface area (Å²) in [6.45, 7) is 1.77. The summed E-state index contributed by atoms with van der Waals surface area (Å²) in [5, 5.41) is 11.2. The van der Waals surface area contributed by atoms with Gasteiger partial charge in [0.1, 0.15) is 5.56 Å². The molecule has 3 aromatic rings. The van der Waals surface area contributed by atoms with E-state index >= 15 is 0 Å². The van der Waals surface area contributed by atoms with Gasteiger partial charge in [-0.2, -0.15) is 14.5 Å². The zero-order chi connectivity index (χ0) is 16.0. The minimum Gasteiger partial charge on any atom is -0.360 e. The highest BCUT2D eigenvalue weighted by Crippen LogP contribution is 2.42. The van der Waals surface area contributed by atoms with E-state index in [1.165, 1.54) is 0 Å². The summed E-state index contributed by atoms with van der Waals surface area (Å²) in [6.07, 6.45) is 5.59. The highest BCUT2D eigenvalue weighted by molar-refractivity contribution is 7.10. The third-order valence-corrected chi connectivity index (χ3v) is 4.30. The number of carbonyl (C=O) groups excluding carboxylic acids is 1. The van der Waals surface area contributed by atoms with Crippen molar-refractivity contribution in [2.75, 3.05) is 5.32 Å². The van der Waals surface area contributed by atoms with Gasteiger partial charge in [-0.05, 0) is 19.8 Å². The average molecular weight is 330 g/mol. The van der Waals surface area contributed by atoms with Gasteiger partial charge in [-0.25, -0.2) is 0 Å². The van der Waals surface area contributed by atoms with Crippen molar-refractivity contribution in [3.63, 3.8) is 0 Å². The summed E-state index contributed by atoms with van der Waals surface area (Å²) in [5.41, 5.74) is 1.93. The van der Waals surface area contributed by atoms with Gasteiger partial charge >= 0.3 is 0 Å². The highest BCUT2D eigenvalue weighted by Gasteiger charge is 2.34. The fraction of sp³-hybridized carbons (Fsp3) is 0.357. The second kappa shape index (κ2) is 5.27. The normalized spacial score (nSPS) is 14.2. The average Bonchev–Trinajstić information content (AvgIpc) is 2.92. The number of hydrogen-bond donors (Lipinski definition) is 1. The Kier molecular flexibility index (Phi) is 3.22. The van der Waals surface area contributed by atoms with E-state index in [1.807, 2.05) is 13.2 Å². The van der Waals surface area contributed by atoms with E-state index in [-0.39, 0.29) is 5.91 Å². The number of aromatic nitrogens is 5. The molecule has 8 nitrogen and oxygen atoms in total. The first-order chi connectivity index (χ1) is 11.1. The number of rotatable bonds is 4. The molecule has 3 aromatic heterocycles. The second-order valence-electron chi connectivity index (χ2n) is 5.56. The van der Waals surface area contributed by atoms with Crippen LogP contribution in [0.1, 0.15) is 40.6 Å². The lowest BCUT2D eigenvalue weighted by atomic mass is 10.1. The van der Waals surface area contributed by atoms with E-state index in [0.717, 1.165) is 29.9 Å². The van der Waals surface area contributed by atoms with E-state index in [0.29, 0.717) is 33.9 Å². The molecular weight excluding hydrogens is 316 g/mol. The SMILES string of the molecule is Cc1noc(C2CC2)c1C(=O)Nc1nc(-c2cnn(C)c2)ns1. The topological polar surface area (TPSA) is 98.7 Å². The van der Waals surface area contributed by atoms with Crippen LogP contribution in [0.4, 0.5) is 5.13 Å². The van der Waals surface area contributed by atoms with Gasteiger partial charge in [-0.15, -0.1) is 0 Å². The molecule has 0 aliphatic heterocycles. The van der Waals surface area contributed by atoms with Gasteiger partial charge < -0.3 is 4.52 Å². The van der Waals surface area contributed by atoms with Crippen molar-refractivity contribution in [3.05, 3.63) is 29.4 Å². The van der Waals surface area contributed by atoms with Crippen LogP contribution in [-0.2, 0) is 7.05 Å². The molecular formula is C14H14N6O2S. The number of carbonyl (C=O) groups is 1. The number of aryl methyl sites for hydroxylation is 2. The van der Waals surface area contributed by atoms with Crippen molar-refractivity contribution in [1.29, 1.82) is 0 Å². The van der Waals surface area contributed by atoms with Gasteiger partial charge in [0.15, 0.2) is 11.6 Å². The van der Waals surface area contributed by atoms with Gasteiger partial charge in [0.2, 0.25) is 5.13 Å². The lowest BCUT2D eigenvalue weighted by Gasteiger charge is -2.01. The Morgan fingerprint density at radius 1 is 1.48 bits per heavy atom. The van der Waals surface area contributed by atoms with Crippen molar-refractivity contribution < 1.29 is 9.32 Å². The lowest BCUT2D eigenvalue weighted by molar-refractivity contribution is 0.102. The molecule has 1 saturated carbocycles. The van der Waals surface area contributed by atoms with Gasteiger partial charge in [0.05, 0.1) is 17.5 Å². The minimum absolute atomic E-state index is 0.250. The molecule has 0 bridgehead atoms. The predicted octanol–water partition coefficient (Wildman–Crippen LogP) is 2.36. The molecule has 1 N–H and O–H groups in total. The van der Waals surface area contributed by atoms with E-state index < -0.39 is 0 Å². The molecule has 0 spiro atoms. The molecule has 3 heterocycles. The van der Waals surface area contributed by atoms with E-state index in [4.69, 9.17) is 4.52 Å². The fourth-order valence-electron chi connectivity index (χ4n) is 2.38. The minimum atomic E-state index is -0.250. The molecule has 9 heteroatoms. The van der Waals surface area contributed by atoms with Crippen LogP contribution >= 0.6 is 11.5 Å². The number of nitrogens with one attached hydrogen (secondary N) is 1.